The van der Waals surface area contributed by atoms with E-state index in [0.717, 1.165) is 17.0 Å². The molecule has 0 aliphatic heterocycles. The maximum Gasteiger partial charge on any atom is 0.341 e. The van der Waals surface area contributed by atoms with Crippen LogP contribution in [0.4, 0.5) is 0 Å². The normalized spacial score (nSPS) is 10.8. The molecular formula is C22H16N2O5. The molecule has 0 radical (unpaired) electrons. The van der Waals surface area contributed by atoms with E-state index in [1.807, 2.05) is 24.3 Å². The summed E-state index contributed by atoms with van der Waals surface area (Å²) in [5, 5.41) is 6.11. The van der Waals surface area contributed by atoms with E-state index in [1.54, 1.807) is 36.4 Å². The lowest BCUT2D eigenvalue weighted by Crippen LogP contribution is -2.21. The lowest BCUT2D eigenvalue weighted by Gasteiger charge is -2.12. The van der Waals surface area contributed by atoms with Crippen LogP contribution in [0.25, 0.3) is 21.7 Å². The minimum Gasteiger partial charge on any atom is -0.465 e. The smallest absolute Gasteiger partial charge is 0.341 e. The van der Waals surface area contributed by atoms with Crippen LogP contribution in [0.2, 0.25) is 0 Å². The highest BCUT2D eigenvalue weighted by Gasteiger charge is 2.18. The molecule has 4 rings (SSSR count). The first-order valence-electron chi connectivity index (χ1n) is 8.83. The van der Waals surface area contributed by atoms with E-state index in [0.29, 0.717) is 10.9 Å². The average molecular weight is 388 g/mol. The Morgan fingerprint density at radius 3 is 2.45 bits per heavy atom. The quantitative estimate of drug-likeness (QED) is 0.395. The largest absolute Gasteiger partial charge is 0.465 e. The summed E-state index contributed by atoms with van der Waals surface area (Å²) in [4.78, 5) is 36.7. The molecule has 29 heavy (non-hydrogen) atoms. The minimum absolute atomic E-state index is 0.103. The Hall–Kier alpha value is -4.00. The monoisotopic (exact) mass is 388 g/mol. The molecule has 7 nitrogen and oxygen atoms in total. The van der Waals surface area contributed by atoms with Crippen molar-refractivity contribution >= 4 is 33.6 Å². The Morgan fingerprint density at radius 1 is 1.00 bits per heavy atom. The minimum atomic E-state index is -0.633. The van der Waals surface area contributed by atoms with E-state index in [-0.39, 0.29) is 23.3 Å². The van der Waals surface area contributed by atoms with Crippen LogP contribution < -0.4 is 10.2 Å². The summed E-state index contributed by atoms with van der Waals surface area (Å²) in [6, 6.07) is 17.5. The molecule has 0 aliphatic carbocycles. The molecule has 0 saturated heterocycles. The number of methoxy groups -OCH3 is 1. The van der Waals surface area contributed by atoms with Crippen molar-refractivity contribution in [3.63, 3.8) is 0 Å². The first-order chi connectivity index (χ1) is 14.1. The number of carbonyl (C=O) groups excluding carboxylic acids is 2. The van der Waals surface area contributed by atoms with Gasteiger partial charge in [-0.2, -0.15) is 5.10 Å². The third-order valence-corrected chi connectivity index (χ3v) is 4.52. The number of rotatable bonds is 4. The summed E-state index contributed by atoms with van der Waals surface area (Å²) >= 11 is 0. The van der Waals surface area contributed by atoms with Gasteiger partial charge in [-0.25, -0.2) is 9.59 Å². The van der Waals surface area contributed by atoms with Crippen molar-refractivity contribution in [3.8, 4) is 5.75 Å². The summed E-state index contributed by atoms with van der Waals surface area (Å²) in [5.74, 6) is -1.14. The van der Waals surface area contributed by atoms with Gasteiger partial charge in [-0.3, -0.25) is 9.48 Å². The number of hydrogen-bond acceptors (Lipinski definition) is 6. The predicted octanol–water partition coefficient (Wildman–Crippen LogP) is 2.94. The van der Waals surface area contributed by atoms with Crippen molar-refractivity contribution < 1.29 is 19.1 Å². The highest BCUT2D eigenvalue weighted by molar-refractivity contribution is 5.99. The lowest BCUT2D eigenvalue weighted by atomic mass is 10.1. The van der Waals surface area contributed by atoms with Crippen LogP contribution in [0, 0.1) is 0 Å². The molecule has 1 heterocycles. The first kappa shape index (κ1) is 18.4. The summed E-state index contributed by atoms with van der Waals surface area (Å²) < 4.78 is 11.7. The zero-order valence-corrected chi connectivity index (χ0v) is 15.5. The van der Waals surface area contributed by atoms with Gasteiger partial charge in [0.15, 0.2) is 0 Å². The van der Waals surface area contributed by atoms with Gasteiger partial charge in [-0.1, -0.05) is 36.4 Å². The number of para-hydroxylation sites is 1. The van der Waals surface area contributed by atoms with E-state index < -0.39 is 11.9 Å². The molecule has 0 fully saturated rings. The van der Waals surface area contributed by atoms with Crippen LogP contribution in [0.3, 0.4) is 0 Å². The Bertz CT molecular complexity index is 1310. The molecule has 0 spiro atoms. The second-order valence-electron chi connectivity index (χ2n) is 6.34. The number of benzene rings is 3. The van der Waals surface area contributed by atoms with Crippen molar-refractivity contribution in [1.82, 2.24) is 9.78 Å². The SMILES string of the molecule is COC(=O)c1cc2ccccc2cc1OC(=O)Cn1ncc(=O)c2ccccc21. The second-order valence-corrected chi connectivity index (χ2v) is 6.34. The van der Waals surface area contributed by atoms with Gasteiger partial charge in [0.25, 0.3) is 0 Å². The summed E-state index contributed by atoms with van der Waals surface area (Å²) in [6.07, 6.45) is 1.16. The zero-order valence-electron chi connectivity index (χ0n) is 15.5. The molecule has 144 valence electrons. The van der Waals surface area contributed by atoms with Crippen molar-refractivity contribution in [1.29, 1.82) is 0 Å². The number of fused-ring (bicyclic) bond motifs is 2. The molecule has 0 amide bonds. The van der Waals surface area contributed by atoms with Crippen LogP contribution in [0.15, 0.2) is 71.7 Å². The molecule has 1 aromatic heterocycles. The maximum atomic E-state index is 12.6. The fourth-order valence-electron chi connectivity index (χ4n) is 3.14. The molecule has 0 N–H and O–H groups in total. The van der Waals surface area contributed by atoms with Gasteiger partial charge in [0.1, 0.15) is 17.9 Å². The number of carbonyl (C=O) groups is 2. The number of aromatic nitrogens is 2. The number of esters is 2. The van der Waals surface area contributed by atoms with E-state index in [9.17, 15) is 14.4 Å². The molecule has 3 aromatic carbocycles. The number of hydrogen-bond donors (Lipinski definition) is 0. The summed E-state index contributed by atoms with van der Waals surface area (Å²) in [7, 11) is 1.26. The molecule has 0 atom stereocenters. The van der Waals surface area contributed by atoms with Crippen LogP contribution in [-0.2, 0) is 16.1 Å². The fraction of sp³-hybridized carbons (Fsp3) is 0.0909. The van der Waals surface area contributed by atoms with Gasteiger partial charge >= 0.3 is 11.9 Å². The zero-order chi connectivity index (χ0) is 20.4. The maximum absolute atomic E-state index is 12.6. The molecule has 0 aliphatic rings. The molecule has 0 unspecified atom stereocenters. The summed E-state index contributed by atoms with van der Waals surface area (Å²) in [5.41, 5.74) is 0.439. The molecule has 7 heteroatoms. The fourth-order valence-corrected chi connectivity index (χ4v) is 3.14. The Morgan fingerprint density at radius 2 is 1.69 bits per heavy atom. The number of ether oxygens (including phenoxy) is 2. The molecule has 0 bridgehead atoms. The van der Waals surface area contributed by atoms with E-state index in [2.05, 4.69) is 5.10 Å². The van der Waals surface area contributed by atoms with Crippen LogP contribution >= 0.6 is 0 Å². The van der Waals surface area contributed by atoms with Gasteiger partial charge < -0.3 is 9.47 Å². The Balaban J connectivity index is 1.68. The molecule has 0 saturated carbocycles. The van der Waals surface area contributed by atoms with E-state index in [1.165, 1.54) is 11.8 Å². The topological polar surface area (TPSA) is 87.5 Å². The number of nitrogens with zero attached hydrogens (tertiary/aromatic N) is 2. The second kappa shape index (κ2) is 7.55. The lowest BCUT2D eigenvalue weighted by molar-refractivity contribution is -0.135. The van der Waals surface area contributed by atoms with E-state index >= 15 is 0 Å². The Kier molecular flexibility index (Phi) is 4.78. The third-order valence-electron chi connectivity index (χ3n) is 4.52. The van der Waals surface area contributed by atoms with Crippen molar-refractivity contribution in [2.75, 3.05) is 7.11 Å². The first-order valence-corrected chi connectivity index (χ1v) is 8.83. The Labute approximate surface area is 165 Å². The van der Waals surface area contributed by atoms with E-state index in [4.69, 9.17) is 9.47 Å². The highest BCUT2D eigenvalue weighted by Crippen LogP contribution is 2.27. The third kappa shape index (κ3) is 3.58. The molecule has 4 aromatic rings. The van der Waals surface area contributed by atoms with Crippen molar-refractivity contribution in [2.45, 2.75) is 6.54 Å². The average Bonchev–Trinajstić information content (AvgIpc) is 2.75. The molecular weight excluding hydrogens is 372 g/mol. The van der Waals surface area contributed by atoms with Gasteiger partial charge in [-0.05, 0) is 35.0 Å². The summed E-state index contributed by atoms with van der Waals surface area (Å²) in [6.45, 7) is -0.228. The van der Waals surface area contributed by atoms with Gasteiger partial charge in [0.2, 0.25) is 5.43 Å². The van der Waals surface area contributed by atoms with Crippen molar-refractivity contribution in [2.24, 2.45) is 0 Å². The van der Waals surface area contributed by atoms with Gasteiger partial charge in [0.05, 0.1) is 18.8 Å². The van der Waals surface area contributed by atoms with Gasteiger partial charge in [0, 0.05) is 5.39 Å². The standard InChI is InChI=1S/C22H16N2O5/c1-28-22(27)17-10-14-6-2-3-7-15(14)11-20(17)29-21(26)13-24-18-9-5-4-8-16(18)19(25)12-23-24/h2-12H,13H2,1H3. The van der Waals surface area contributed by atoms with Crippen LogP contribution in [-0.4, -0.2) is 28.8 Å². The highest BCUT2D eigenvalue weighted by atomic mass is 16.5. The van der Waals surface area contributed by atoms with Gasteiger partial charge in [-0.15, -0.1) is 0 Å². The predicted molar refractivity (Wildman–Crippen MR) is 107 cm³/mol. The van der Waals surface area contributed by atoms with Crippen molar-refractivity contribution in [3.05, 3.63) is 82.6 Å². The van der Waals surface area contributed by atoms with Crippen LogP contribution in [0.1, 0.15) is 10.4 Å². The van der Waals surface area contributed by atoms with Crippen LogP contribution in [0.5, 0.6) is 5.75 Å².